The number of hydrogen-bond acceptors (Lipinski definition) is 2. The summed E-state index contributed by atoms with van der Waals surface area (Å²) >= 11 is 0. The van der Waals surface area contributed by atoms with Gasteiger partial charge < -0.3 is 10.6 Å². The Morgan fingerprint density at radius 1 is 0.852 bits per heavy atom. The van der Waals surface area contributed by atoms with Crippen LogP contribution in [0.5, 0.6) is 0 Å². The smallest absolute Gasteiger partial charge is 0.325 e. The van der Waals surface area contributed by atoms with Crippen molar-refractivity contribution >= 4 is 23.2 Å². The fourth-order valence-corrected chi connectivity index (χ4v) is 2.53. The predicted octanol–water partition coefficient (Wildman–Crippen LogP) is 4.34. The topological polar surface area (TPSA) is 58.2 Å². The number of anilines is 2. The summed E-state index contributed by atoms with van der Waals surface area (Å²) in [7, 11) is 0. The third-order valence-electron chi connectivity index (χ3n) is 4.24. The van der Waals surface area contributed by atoms with E-state index in [0.29, 0.717) is 0 Å². The quantitative estimate of drug-likeness (QED) is 0.609. The highest BCUT2D eigenvalue weighted by Crippen LogP contribution is 2.47. The molecule has 2 aromatic rings. The molecule has 2 aromatic carbocycles. The molecule has 142 valence electrons. The number of hydrogen-bond donors (Lipinski definition) is 2. The minimum absolute atomic E-state index is 0.0305. The van der Waals surface area contributed by atoms with E-state index >= 15 is 0 Å². The minimum atomic E-state index is -4.57. The molecule has 0 unspecified atom stereocenters. The fourth-order valence-electron chi connectivity index (χ4n) is 2.53. The normalized spacial score (nSPS) is 15.1. The van der Waals surface area contributed by atoms with Crippen molar-refractivity contribution in [1.82, 2.24) is 0 Å². The van der Waals surface area contributed by atoms with Crippen molar-refractivity contribution in [3.8, 4) is 0 Å². The zero-order valence-electron chi connectivity index (χ0n) is 13.7. The molecule has 3 rings (SSSR count). The van der Waals surface area contributed by atoms with Gasteiger partial charge in [-0.25, -0.2) is 8.78 Å². The van der Waals surface area contributed by atoms with Crippen molar-refractivity contribution < 1.29 is 31.5 Å². The van der Waals surface area contributed by atoms with Gasteiger partial charge in [-0.1, -0.05) is 6.07 Å². The van der Waals surface area contributed by atoms with Crippen molar-refractivity contribution in [3.63, 3.8) is 0 Å². The summed E-state index contributed by atoms with van der Waals surface area (Å²) in [4.78, 5) is 24.8. The van der Waals surface area contributed by atoms with E-state index in [1.54, 1.807) is 0 Å². The number of benzene rings is 2. The van der Waals surface area contributed by atoms with E-state index in [9.17, 15) is 31.5 Å². The van der Waals surface area contributed by atoms with Crippen LogP contribution in [0.15, 0.2) is 42.5 Å². The Hall–Kier alpha value is -2.97. The van der Waals surface area contributed by atoms with Crippen molar-refractivity contribution in [3.05, 3.63) is 59.7 Å². The van der Waals surface area contributed by atoms with E-state index in [1.165, 1.54) is 6.07 Å². The van der Waals surface area contributed by atoms with Gasteiger partial charge in [0.15, 0.2) is 11.6 Å². The van der Waals surface area contributed by atoms with Gasteiger partial charge in [0.1, 0.15) is 5.41 Å². The molecule has 0 bridgehead atoms. The molecule has 0 aromatic heterocycles. The lowest BCUT2D eigenvalue weighted by Gasteiger charge is -2.16. The summed E-state index contributed by atoms with van der Waals surface area (Å²) in [5.41, 5.74) is -2.52. The molecule has 4 nitrogen and oxygen atoms in total. The average molecular weight is 384 g/mol. The average Bonchev–Trinajstić information content (AvgIpc) is 3.40. The molecule has 0 atom stereocenters. The third kappa shape index (κ3) is 3.91. The molecule has 0 spiro atoms. The number of carbonyl (C=O) groups is 2. The second kappa shape index (κ2) is 6.64. The second-order valence-corrected chi connectivity index (χ2v) is 6.20. The Kier molecular flexibility index (Phi) is 4.63. The Morgan fingerprint density at radius 2 is 1.44 bits per heavy atom. The van der Waals surface area contributed by atoms with E-state index in [1.807, 2.05) is 0 Å². The predicted molar refractivity (Wildman–Crippen MR) is 86.7 cm³/mol. The summed E-state index contributed by atoms with van der Waals surface area (Å²) < 4.78 is 64.4. The van der Waals surface area contributed by atoms with Crippen LogP contribution in [0.2, 0.25) is 0 Å². The molecule has 2 N–H and O–H groups in total. The van der Waals surface area contributed by atoms with Gasteiger partial charge in [-0.3, -0.25) is 9.59 Å². The van der Waals surface area contributed by atoms with Gasteiger partial charge in [0, 0.05) is 17.4 Å². The van der Waals surface area contributed by atoms with Crippen LogP contribution in [0.25, 0.3) is 0 Å². The molecular formula is C18H13F5N2O2. The monoisotopic (exact) mass is 384 g/mol. The molecule has 0 aliphatic heterocycles. The van der Waals surface area contributed by atoms with E-state index in [0.717, 1.165) is 36.4 Å². The zero-order chi connectivity index (χ0) is 19.8. The van der Waals surface area contributed by atoms with Crippen LogP contribution in [0.4, 0.5) is 33.3 Å². The van der Waals surface area contributed by atoms with Crippen LogP contribution >= 0.6 is 0 Å². The molecule has 0 radical (unpaired) electrons. The maximum atomic E-state index is 13.2. The summed E-state index contributed by atoms with van der Waals surface area (Å²) in [6, 6.07) is 6.77. The number of carbonyl (C=O) groups excluding carboxylic acids is 2. The molecular weight excluding hydrogens is 371 g/mol. The molecule has 1 aliphatic rings. The minimum Gasteiger partial charge on any atom is -0.325 e. The molecule has 2 amide bonds. The Labute approximate surface area is 150 Å². The number of alkyl halides is 3. The van der Waals surface area contributed by atoms with Crippen molar-refractivity contribution in [1.29, 1.82) is 0 Å². The highest BCUT2D eigenvalue weighted by atomic mass is 19.4. The number of amides is 2. The largest absolute Gasteiger partial charge is 0.416 e. The lowest BCUT2D eigenvalue weighted by molar-refractivity contribution is -0.137. The molecule has 0 heterocycles. The first-order valence-electron chi connectivity index (χ1n) is 7.87. The number of halogens is 5. The molecule has 1 saturated carbocycles. The lowest BCUT2D eigenvalue weighted by atomic mass is 10.0. The van der Waals surface area contributed by atoms with Crippen LogP contribution < -0.4 is 10.6 Å². The highest BCUT2D eigenvalue weighted by Gasteiger charge is 2.56. The van der Waals surface area contributed by atoms with Crippen LogP contribution in [0.3, 0.4) is 0 Å². The molecule has 1 fully saturated rings. The van der Waals surface area contributed by atoms with Gasteiger partial charge in [-0.05, 0) is 43.2 Å². The van der Waals surface area contributed by atoms with Gasteiger partial charge in [0.05, 0.1) is 5.56 Å². The van der Waals surface area contributed by atoms with Crippen LogP contribution in [-0.4, -0.2) is 11.8 Å². The maximum absolute atomic E-state index is 13.2. The van der Waals surface area contributed by atoms with Crippen LogP contribution in [-0.2, 0) is 15.8 Å². The summed E-state index contributed by atoms with van der Waals surface area (Å²) in [6.07, 6.45) is -4.19. The van der Waals surface area contributed by atoms with E-state index < -0.39 is 40.6 Å². The van der Waals surface area contributed by atoms with Crippen LogP contribution in [0, 0.1) is 17.0 Å². The van der Waals surface area contributed by atoms with Gasteiger partial charge in [-0.15, -0.1) is 0 Å². The maximum Gasteiger partial charge on any atom is 0.416 e. The second-order valence-electron chi connectivity index (χ2n) is 6.20. The van der Waals surface area contributed by atoms with E-state index in [2.05, 4.69) is 10.6 Å². The Morgan fingerprint density at radius 3 is 1.96 bits per heavy atom. The van der Waals surface area contributed by atoms with E-state index in [4.69, 9.17) is 0 Å². The SMILES string of the molecule is O=C(Nc1cccc(C(F)(F)F)c1)C1(C(=O)Nc2ccc(F)c(F)c2)CC1. The first-order valence-corrected chi connectivity index (χ1v) is 7.87. The van der Waals surface area contributed by atoms with Crippen LogP contribution in [0.1, 0.15) is 18.4 Å². The first-order chi connectivity index (χ1) is 12.6. The number of nitrogens with one attached hydrogen (secondary N) is 2. The Balaban J connectivity index is 1.72. The molecule has 1 aliphatic carbocycles. The fraction of sp³-hybridized carbons (Fsp3) is 0.222. The van der Waals surface area contributed by atoms with Crippen molar-refractivity contribution in [2.45, 2.75) is 19.0 Å². The van der Waals surface area contributed by atoms with Gasteiger partial charge >= 0.3 is 6.18 Å². The summed E-state index contributed by atoms with van der Waals surface area (Å²) in [6.45, 7) is 0. The van der Waals surface area contributed by atoms with Gasteiger partial charge in [-0.2, -0.15) is 13.2 Å². The number of rotatable bonds is 4. The molecule has 0 saturated heterocycles. The standard InChI is InChI=1S/C18H13F5N2O2/c19-13-5-4-12(9-14(13)20)25-16(27)17(6-7-17)15(26)24-11-3-1-2-10(8-11)18(21,22)23/h1-5,8-9H,6-7H2,(H,24,26)(H,25,27). The summed E-state index contributed by atoms with van der Waals surface area (Å²) in [5, 5.41) is 4.64. The molecule has 27 heavy (non-hydrogen) atoms. The third-order valence-corrected chi connectivity index (χ3v) is 4.24. The molecule has 9 heteroatoms. The van der Waals surface area contributed by atoms with Crippen molar-refractivity contribution in [2.75, 3.05) is 10.6 Å². The van der Waals surface area contributed by atoms with Gasteiger partial charge in [0.2, 0.25) is 11.8 Å². The van der Waals surface area contributed by atoms with Crippen molar-refractivity contribution in [2.24, 2.45) is 5.41 Å². The zero-order valence-corrected chi connectivity index (χ0v) is 13.7. The first kappa shape index (κ1) is 18.8. The lowest BCUT2D eigenvalue weighted by Crippen LogP contribution is -2.35. The van der Waals surface area contributed by atoms with Gasteiger partial charge in [0.25, 0.3) is 0 Å². The summed E-state index contributed by atoms with van der Waals surface area (Å²) in [5.74, 6) is -3.75. The van der Waals surface area contributed by atoms with E-state index in [-0.39, 0.29) is 24.2 Å². The Bertz CT molecular complexity index is 907. The highest BCUT2D eigenvalue weighted by molar-refractivity contribution is 6.16.